The van der Waals surface area contributed by atoms with Crippen LogP contribution in [0.3, 0.4) is 0 Å². The molecular weight excluding hydrogens is 308 g/mol. The first-order valence-corrected chi connectivity index (χ1v) is 8.81. The molecule has 1 amide bonds. The molecule has 118 valence electrons. The van der Waals surface area contributed by atoms with Gasteiger partial charge in [0.05, 0.1) is 24.4 Å². The van der Waals surface area contributed by atoms with E-state index in [1.807, 2.05) is 40.7 Å². The van der Waals surface area contributed by atoms with Gasteiger partial charge < -0.3 is 4.90 Å². The number of carbonyl (C=O) groups excluding carboxylic acids is 1. The summed E-state index contributed by atoms with van der Waals surface area (Å²) in [6.45, 7) is 0.820. The van der Waals surface area contributed by atoms with Crippen LogP contribution < -0.4 is 0 Å². The molecule has 1 fully saturated rings. The summed E-state index contributed by atoms with van der Waals surface area (Å²) in [6, 6.07) is 7.98. The number of piperidine rings is 1. The van der Waals surface area contributed by atoms with Crippen LogP contribution in [0, 0.1) is 0 Å². The second-order valence-corrected chi connectivity index (χ2v) is 6.87. The van der Waals surface area contributed by atoms with Crippen molar-refractivity contribution in [1.82, 2.24) is 19.5 Å². The van der Waals surface area contributed by atoms with Crippen molar-refractivity contribution in [2.24, 2.45) is 0 Å². The first kappa shape index (κ1) is 14.4. The molecule has 1 saturated heterocycles. The van der Waals surface area contributed by atoms with E-state index in [0.29, 0.717) is 6.42 Å². The first-order valence-electron chi connectivity index (χ1n) is 7.93. The smallest absolute Gasteiger partial charge is 0.228 e. The molecule has 3 aromatic rings. The summed E-state index contributed by atoms with van der Waals surface area (Å²) in [7, 11) is 0. The molecule has 6 heteroatoms. The van der Waals surface area contributed by atoms with Crippen LogP contribution in [-0.4, -0.2) is 31.9 Å². The third-order valence-corrected chi connectivity index (χ3v) is 5.23. The van der Waals surface area contributed by atoms with Crippen LogP contribution in [0.5, 0.6) is 0 Å². The third-order valence-electron chi connectivity index (χ3n) is 4.35. The minimum atomic E-state index is 0.0797. The lowest BCUT2D eigenvalue weighted by molar-refractivity contribution is -0.134. The largest absolute Gasteiger partial charge is 0.334 e. The molecule has 4 heterocycles. The van der Waals surface area contributed by atoms with Gasteiger partial charge in [0.15, 0.2) is 5.65 Å². The summed E-state index contributed by atoms with van der Waals surface area (Å²) in [4.78, 5) is 20.6. The molecule has 0 saturated carbocycles. The van der Waals surface area contributed by atoms with Crippen molar-refractivity contribution in [2.45, 2.75) is 31.7 Å². The highest BCUT2D eigenvalue weighted by atomic mass is 32.1. The van der Waals surface area contributed by atoms with Gasteiger partial charge in [-0.05, 0) is 36.8 Å². The van der Waals surface area contributed by atoms with Gasteiger partial charge in [0.2, 0.25) is 5.91 Å². The maximum absolute atomic E-state index is 12.8. The van der Waals surface area contributed by atoms with Crippen molar-refractivity contribution in [2.75, 3.05) is 6.54 Å². The Balaban J connectivity index is 1.60. The Labute approximate surface area is 138 Å². The summed E-state index contributed by atoms with van der Waals surface area (Å²) >= 11 is 1.64. The number of hydrogen-bond donors (Lipinski definition) is 0. The molecule has 0 aromatic carbocycles. The van der Waals surface area contributed by atoms with Gasteiger partial charge in [-0.25, -0.2) is 9.50 Å². The van der Waals surface area contributed by atoms with Crippen molar-refractivity contribution in [3.05, 3.63) is 52.6 Å². The van der Waals surface area contributed by atoms with Crippen molar-refractivity contribution < 1.29 is 4.79 Å². The minimum Gasteiger partial charge on any atom is -0.334 e. The van der Waals surface area contributed by atoms with Gasteiger partial charge in [0, 0.05) is 23.7 Å². The summed E-state index contributed by atoms with van der Waals surface area (Å²) in [5, 5.41) is 6.20. The molecule has 1 aliphatic rings. The van der Waals surface area contributed by atoms with E-state index in [1.54, 1.807) is 22.0 Å². The molecule has 3 aromatic heterocycles. The molecule has 0 radical (unpaired) electrons. The monoisotopic (exact) mass is 326 g/mol. The lowest BCUT2D eigenvalue weighted by Gasteiger charge is -2.35. The molecule has 0 bridgehead atoms. The van der Waals surface area contributed by atoms with Crippen LogP contribution in [0.25, 0.3) is 5.65 Å². The highest BCUT2D eigenvalue weighted by Gasteiger charge is 2.29. The summed E-state index contributed by atoms with van der Waals surface area (Å²) in [6.07, 6.45) is 7.35. The summed E-state index contributed by atoms with van der Waals surface area (Å²) in [5.41, 5.74) is 1.80. The number of aromatic nitrogens is 3. The Kier molecular flexibility index (Phi) is 3.83. The zero-order valence-electron chi connectivity index (χ0n) is 12.8. The molecule has 4 rings (SSSR count). The standard InChI is InChI=1S/C17H18N4OS/c22-17(12-13-4-3-11-23-13)20-9-2-1-5-15(20)14-7-10-21-16(19-14)6-8-18-21/h3-4,6-8,10-11,15H,1-2,5,9,12H2. The first-order chi connectivity index (χ1) is 11.3. The third kappa shape index (κ3) is 2.86. The van der Waals surface area contributed by atoms with Gasteiger partial charge in [-0.1, -0.05) is 6.07 Å². The quantitative estimate of drug-likeness (QED) is 0.743. The molecule has 0 aliphatic carbocycles. The molecular formula is C17H18N4OS. The van der Waals surface area contributed by atoms with Gasteiger partial charge in [-0.3, -0.25) is 4.79 Å². The molecule has 23 heavy (non-hydrogen) atoms. The van der Waals surface area contributed by atoms with Gasteiger partial charge in [0.1, 0.15) is 0 Å². The maximum atomic E-state index is 12.8. The van der Waals surface area contributed by atoms with Gasteiger partial charge in [-0.15, -0.1) is 11.3 Å². The van der Waals surface area contributed by atoms with Crippen LogP contribution in [0.4, 0.5) is 0 Å². The second kappa shape index (κ2) is 6.12. The predicted molar refractivity (Wildman–Crippen MR) is 89.3 cm³/mol. The molecule has 5 nitrogen and oxygen atoms in total. The number of likely N-dealkylation sites (tertiary alicyclic amines) is 1. The van der Waals surface area contributed by atoms with E-state index in [0.717, 1.165) is 42.0 Å². The number of hydrogen-bond acceptors (Lipinski definition) is 4. The van der Waals surface area contributed by atoms with Crippen LogP contribution in [0.1, 0.15) is 35.9 Å². The van der Waals surface area contributed by atoms with E-state index in [4.69, 9.17) is 4.98 Å². The van der Waals surface area contributed by atoms with Crippen molar-refractivity contribution >= 4 is 22.9 Å². The van der Waals surface area contributed by atoms with Crippen molar-refractivity contribution in [1.29, 1.82) is 0 Å². The lowest BCUT2D eigenvalue weighted by Crippen LogP contribution is -2.39. The fourth-order valence-electron chi connectivity index (χ4n) is 3.21. The SMILES string of the molecule is O=C(Cc1cccs1)N1CCCCC1c1ccn2nccc2n1. The van der Waals surface area contributed by atoms with Gasteiger partial charge in [-0.2, -0.15) is 5.10 Å². The van der Waals surface area contributed by atoms with E-state index in [1.165, 1.54) is 0 Å². The lowest BCUT2D eigenvalue weighted by atomic mass is 9.98. The van der Waals surface area contributed by atoms with Gasteiger partial charge in [0.25, 0.3) is 0 Å². The Morgan fingerprint density at radius 1 is 1.30 bits per heavy atom. The Morgan fingerprint density at radius 3 is 3.13 bits per heavy atom. The number of fused-ring (bicyclic) bond motifs is 1. The number of thiophene rings is 1. The highest BCUT2D eigenvalue weighted by molar-refractivity contribution is 7.10. The fraction of sp³-hybridized carbons (Fsp3) is 0.353. The topological polar surface area (TPSA) is 50.5 Å². The molecule has 1 unspecified atom stereocenters. The summed E-state index contributed by atoms with van der Waals surface area (Å²) in [5.74, 6) is 0.201. The zero-order valence-corrected chi connectivity index (χ0v) is 13.6. The summed E-state index contributed by atoms with van der Waals surface area (Å²) < 4.78 is 1.75. The van der Waals surface area contributed by atoms with Crippen molar-refractivity contribution in [3.8, 4) is 0 Å². The number of carbonyl (C=O) groups is 1. The molecule has 0 N–H and O–H groups in total. The van der Waals surface area contributed by atoms with Crippen LogP contribution in [0.2, 0.25) is 0 Å². The van der Waals surface area contributed by atoms with Crippen LogP contribution in [0.15, 0.2) is 42.0 Å². The van der Waals surface area contributed by atoms with E-state index < -0.39 is 0 Å². The van der Waals surface area contributed by atoms with Crippen molar-refractivity contribution in [3.63, 3.8) is 0 Å². The predicted octanol–water partition coefficient (Wildman–Crippen LogP) is 3.09. The van der Waals surface area contributed by atoms with Crippen LogP contribution >= 0.6 is 11.3 Å². The Morgan fingerprint density at radius 2 is 2.26 bits per heavy atom. The van der Waals surface area contributed by atoms with E-state index in [-0.39, 0.29) is 11.9 Å². The second-order valence-electron chi connectivity index (χ2n) is 5.84. The average molecular weight is 326 g/mol. The molecule has 1 atom stereocenters. The fourth-order valence-corrected chi connectivity index (χ4v) is 3.91. The normalized spacial score (nSPS) is 18.4. The number of rotatable bonds is 3. The molecule has 1 aliphatic heterocycles. The average Bonchev–Trinajstić information content (AvgIpc) is 3.25. The Bertz CT molecular complexity index is 811. The van der Waals surface area contributed by atoms with E-state index in [2.05, 4.69) is 5.10 Å². The van der Waals surface area contributed by atoms with E-state index >= 15 is 0 Å². The minimum absolute atomic E-state index is 0.0797. The van der Waals surface area contributed by atoms with Gasteiger partial charge >= 0.3 is 0 Å². The maximum Gasteiger partial charge on any atom is 0.228 e. The number of nitrogens with zero attached hydrogens (tertiary/aromatic N) is 4. The zero-order chi connectivity index (χ0) is 15.6. The van der Waals surface area contributed by atoms with E-state index in [9.17, 15) is 4.79 Å². The highest BCUT2D eigenvalue weighted by Crippen LogP contribution is 2.30. The Hall–Kier alpha value is -2.21. The molecule has 0 spiro atoms. The van der Waals surface area contributed by atoms with Crippen LogP contribution in [-0.2, 0) is 11.2 Å². The number of amides is 1.